The molecule has 1 aromatic heterocycles. The van der Waals surface area contributed by atoms with Gasteiger partial charge in [-0.2, -0.15) is 0 Å². The Bertz CT molecular complexity index is 740. The summed E-state index contributed by atoms with van der Waals surface area (Å²) in [4.78, 5) is 6.61. The summed E-state index contributed by atoms with van der Waals surface area (Å²) in [6.07, 6.45) is 0. The molecule has 0 saturated carbocycles. The van der Waals surface area contributed by atoms with Gasteiger partial charge in [-0.3, -0.25) is 4.72 Å². The van der Waals surface area contributed by atoms with E-state index in [0.29, 0.717) is 17.7 Å². The molecule has 0 radical (unpaired) electrons. The van der Waals surface area contributed by atoms with Crippen LogP contribution in [0, 0.1) is 0 Å². The Hall–Kier alpha value is -1.66. The Balaban J connectivity index is 2.48. The Kier molecular flexibility index (Phi) is 4.49. The first-order chi connectivity index (χ1) is 9.79. The Labute approximate surface area is 126 Å². The molecule has 1 heterocycles. The molecule has 0 saturated heterocycles. The van der Waals surface area contributed by atoms with Crippen LogP contribution in [0.3, 0.4) is 0 Å². The van der Waals surface area contributed by atoms with Gasteiger partial charge in [0.05, 0.1) is 22.1 Å². The smallest absolute Gasteiger partial charge is 0.235 e. The van der Waals surface area contributed by atoms with Crippen molar-refractivity contribution in [3.63, 3.8) is 0 Å². The zero-order chi connectivity index (χ0) is 15.6. The van der Waals surface area contributed by atoms with Crippen LogP contribution in [0.15, 0.2) is 30.3 Å². The highest BCUT2D eigenvalue weighted by molar-refractivity contribution is 7.93. The standard InChI is InChI=1S/C15H21N3O2S/c1-11(2)21(19,20)17-14-7-5-6-12-8-9-13(10-18(3)4)16-15(12)14/h5-9,11,17H,10H2,1-4H3. The molecule has 21 heavy (non-hydrogen) atoms. The van der Waals surface area contributed by atoms with Crippen molar-refractivity contribution < 1.29 is 8.42 Å². The number of para-hydroxylation sites is 1. The zero-order valence-electron chi connectivity index (χ0n) is 12.8. The van der Waals surface area contributed by atoms with E-state index in [0.717, 1.165) is 11.1 Å². The van der Waals surface area contributed by atoms with E-state index in [1.54, 1.807) is 19.9 Å². The van der Waals surface area contributed by atoms with Gasteiger partial charge in [0.15, 0.2) is 0 Å². The van der Waals surface area contributed by atoms with Crippen LogP contribution >= 0.6 is 0 Å². The van der Waals surface area contributed by atoms with Gasteiger partial charge in [-0.25, -0.2) is 13.4 Å². The molecule has 0 spiro atoms. The van der Waals surface area contributed by atoms with Crippen molar-refractivity contribution in [1.29, 1.82) is 0 Å². The number of nitrogens with zero attached hydrogens (tertiary/aromatic N) is 2. The maximum atomic E-state index is 12.1. The molecule has 1 N–H and O–H groups in total. The van der Waals surface area contributed by atoms with E-state index in [1.165, 1.54) is 0 Å². The summed E-state index contributed by atoms with van der Waals surface area (Å²) in [6.45, 7) is 4.01. The lowest BCUT2D eigenvalue weighted by Crippen LogP contribution is -2.22. The second kappa shape index (κ2) is 5.99. The molecule has 6 heteroatoms. The second-order valence-corrected chi connectivity index (χ2v) is 7.85. The van der Waals surface area contributed by atoms with E-state index in [2.05, 4.69) is 9.71 Å². The fraction of sp³-hybridized carbons (Fsp3) is 0.400. The maximum Gasteiger partial charge on any atom is 0.235 e. The molecule has 0 bridgehead atoms. The van der Waals surface area contributed by atoms with Gasteiger partial charge in [-0.15, -0.1) is 0 Å². The average molecular weight is 307 g/mol. The van der Waals surface area contributed by atoms with Crippen molar-refractivity contribution in [2.24, 2.45) is 0 Å². The van der Waals surface area contributed by atoms with Crippen LogP contribution in [0.1, 0.15) is 19.5 Å². The van der Waals surface area contributed by atoms with Crippen LogP contribution < -0.4 is 4.72 Å². The lowest BCUT2D eigenvalue weighted by molar-refractivity contribution is 0.397. The number of sulfonamides is 1. The molecule has 1 aromatic carbocycles. The quantitative estimate of drug-likeness (QED) is 0.921. The SMILES string of the molecule is CC(C)S(=O)(=O)Nc1cccc2ccc(CN(C)C)nc12. The van der Waals surface area contributed by atoms with Crippen LogP contribution in [-0.2, 0) is 16.6 Å². The van der Waals surface area contributed by atoms with Gasteiger partial charge in [-0.1, -0.05) is 18.2 Å². The Morgan fingerprint density at radius 3 is 2.52 bits per heavy atom. The molecule has 0 amide bonds. The number of hydrogen-bond donors (Lipinski definition) is 1. The first-order valence-corrected chi connectivity index (χ1v) is 8.39. The number of pyridine rings is 1. The lowest BCUT2D eigenvalue weighted by Gasteiger charge is -2.14. The minimum atomic E-state index is -3.38. The van der Waals surface area contributed by atoms with Gasteiger partial charge in [0, 0.05) is 11.9 Å². The van der Waals surface area contributed by atoms with Crippen LogP contribution in [0.4, 0.5) is 5.69 Å². The maximum absolute atomic E-state index is 12.1. The summed E-state index contributed by atoms with van der Waals surface area (Å²) < 4.78 is 26.8. The summed E-state index contributed by atoms with van der Waals surface area (Å²) in [5.74, 6) is 0. The van der Waals surface area contributed by atoms with Crippen LogP contribution in [0.25, 0.3) is 10.9 Å². The highest BCUT2D eigenvalue weighted by Crippen LogP contribution is 2.23. The van der Waals surface area contributed by atoms with Crippen molar-refractivity contribution >= 4 is 26.6 Å². The monoisotopic (exact) mass is 307 g/mol. The van der Waals surface area contributed by atoms with Crippen molar-refractivity contribution in [1.82, 2.24) is 9.88 Å². The molecule has 0 aliphatic rings. The van der Waals surface area contributed by atoms with E-state index < -0.39 is 15.3 Å². The van der Waals surface area contributed by atoms with E-state index in [9.17, 15) is 8.42 Å². The largest absolute Gasteiger partial charge is 0.304 e. The van der Waals surface area contributed by atoms with Gasteiger partial charge >= 0.3 is 0 Å². The Morgan fingerprint density at radius 2 is 1.90 bits per heavy atom. The zero-order valence-corrected chi connectivity index (χ0v) is 13.6. The first-order valence-electron chi connectivity index (χ1n) is 6.84. The van der Waals surface area contributed by atoms with E-state index in [1.807, 2.05) is 43.3 Å². The third kappa shape index (κ3) is 3.71. The van der Waals surface area contributed by atoms with Crippen LogP contribution in [-0.4, -0.2) is 37.6 Å². The Morgan fingerprint density at radius 1 is 1.19 bits per heavy atom. The number of benzene rings is 1. The number of nitrogens with one attached hydrogen (secondary N) is 1. The van der Waals surface area contributed by atoms with E-state index in [-0.39, 0.29) is 0 Å². The number of fused-ring (bicyclic) bond motifs is 1. The highest BCUT2D eigenvalue weighted by Gasteiger charge is 2.17. The predicted molar refractivity (Wildman–Crippen MR) is 86.8 cm³/mol. The number of rotatable bonds is 5. The topological polar surface area (TPSA) is 62.3 Å². The molecule has 0 atom stereocenters. The van der Waals surface area contributed by atoms with Crippen LogP contribution in [0.2, 0.25) is 0 Å². The summed E-state index contributed by atoms with van der Waals surface area (Å²) in [7, 11) is 0.564. The number of aromatic nitrogens is 1. The predicted octanol–water partition coefficient (Wildman–Crippen LogP) is 2.45. The molecule has 0 fully saturated rings. The van der Waals surface area contributed by atoms with Gasteiger partial charge in [0.25, 0.3) is 0 Å². The molecule has 2 aromatic rings. The minimum absolute atomic E-state index is 0.488. The lowest BCUT2D eigenvalue weighted by atomic mass is 10.2. The van der Waals surface area contributed by atoms with E-state index >= 15 is 0 Å². The molecule has 5 nitrogen and oxygen atoms in total. The van der Waals surface area contributed by atoms with Gasteiger partial charge in [0.2, 0.25) is 10.0 Å². The van der Waals surface area contributed by atoms with Gasteiger partial charge in [-0.05, 0) is 40.1 Å². The fourth-order valence-electron chi connectivity index (χ4n) is 1.95. The molecule has 0 unspecified atom stereocenters. The van der Waals surface area contributed by atoms with Gasteiger partial charge < -0.3 is 4.90 Å². The summed E-state index contributed by atoms with van der Waals surface area (Å²) in [5, 5.41) is 0.430. The summed E-state index contributed by atoms with van der Waals surface area (Å²) in [6, 6.07) is 9.43. The molecular formula is C15H21N3O2S. The average Bonchev–Trinajstić information content (AvgIpc) is 2.38. The molecule has 0 aliphatic carbocycles. The molecule has 2 rings (SSSR count). The van der Waals surface area contributed by atoms with Gasteiger partial charge in [0.1, 0.15) is 0 Å². The van der Waals surface area contributed by atoms with Crippen molar-refractivity contribution in [2.75, 3.05) is 18.8 Å². The normalized spacial score (nSPS) is 12.3. The van der Waals surface area contributed by atoms with Crippen molar-refractivity contribution in [3.8, 4) is 0 Å². The minimum Gasteiger partial charge on any atom is -0.304 e. The van der Waals surface area contributed by atoms with E-state index in [4.69, 9.17) is 0 Å². The third-order valence-electron chi connectivity index (χ3n) is 3.13. The van der Waals surface area contributed by atoms with Crippen LogP contribution in [0.5, 0.6) is 0 Å². The van der Waals surface area contributed by atoms with Crippen molar-refractivity contribution in [2.45, 2.75) is 25.6 Å². The second-order valence-electron chi connectivity index (χ2n) is 5.61. The summed E-state index contributed by atoms with van der Waals surface area (Å²) >= 11 is 0. The third-order valence-corrected chi connectivity index (χ3v) is 4.87. The number of anilines is 1. The summed E-state index contributed by atoms with van der Waals surface area (Å²) in [5.41, 5.74) is 2.12. The molecular weight excluding hydrogens is 286 g/mol. The molecule has 114 valence electrons. The highest BCUT2D eigenvalue weighted by atomic mass is 32.2. The molecule has 0 aliphatic heterocycles. The first kappa shape index (κ1) is 15.7. The van der Waals surface area contributed by atoms with Crippen molar-refractivity contribution in [3.05, 3.63) is 36.0 Å². The fourth-order valence-corrected chi connectivity index (χ4v) is 2.66. The number of hydrogen-bond acceptors (Lipinski definition) is 4.